The van der Waals surface area contributed by atoms with E-state index >= 15 is 0 Å². The molecule has 0 aliphatic rings. The van der Waals surface area contributed by atoms with E-state index in [1.807, 2.05) is 36.0 Å². The fraction of sp³-hybridized carbons (Fsp3) is 0.250. The third-order valence-electron chi connectivity index (χ3n) is 2.81. The predicted octanol–water partition coefficient (Wildman–Crippen LogP) is 4.14. The highest BCUT2D eigenvalue weighted by molar-refractivity contribution is 7.97. The van der Waals surface area contributed by atoms with Crippen LogP contribution in [-0.2, 0) is 11.5 Å². The molecule has 0 aliphatic carbocycles. The van der Waals surface area contributed by atoms with E-state index in [-0.39, 0.29) is 0 Å². The van der Waals surface area contributed by atoms with Gasteiger partial charge in [0.15, 0.2) is 0 Å². The van der Waals surface area contributed by atoms with E-state index in [4.69, 9.17) is 9.47 Å². The quantitative estimate of drug-likeness (QED) is 0.789. The smallest absolute Gasteiger partial charge is 0.119 e. The molecule has 0 atom stereocenters. The standard InChI is InChI=1S/C16H18O2S/c1-17-15-7-3-5-13(9-15)11-19-12-14-6-4-8-16(10-14)18-2/h3-10H,11-12H2,1-2H3. The van der Waals surface area contributed by atoms with E-state index in [1.165, 1.54) is 11.1 Å². The first kappa shape index (κ1) is 13.8. The summed E-state index contributed by atoms with van der Waals surface area (Å²) >= 11 is 1.89. The van der Waals surface area contributed by atoms with Gasteiger partial charge < -0.3 is 9.47 Å². The van der Waals surface area contributed by atoms with Crippen molar-refractivity contribution in [2.24, 2.45) is 0 Å². The van der Waals surface area contributed by atoms with Crippen molar-refractivity contribution in [2.75, 3.05) is 14.2 Å². The van der Waals surface area contributed by atoms with Crippen LogP contribution in [0.1, 0.15) is 11.1 Å². The largest absolute Gasteiger partial charge is 0.497 e. The lowest BCUT2D eigenvalue weighted by atomic mass is 10.2. The molecule has 2 nitrogen and oxygen atoms in total. The highest BCUT2D eigenvalue weighted by atomic mass is 32.2. The van der Waals surface area contributed by atoms with Crippen LogP contribution in [0.2, 0.25) is 0 Å². The normalized spacial score (nSPS) is 10.2. The van der Waals surface area contributed by atoms with Crippen LogP contribution in [0, 0.1) is 0 Å². The van der Waals surface area contributed by atoms with E-state index in [0.717, 1.165) is 23.0 Å². The Hall–Kier alpha value is -1.61. The lowest BCUT2D eigenvalue weighted by Gasteiger charge is -2.06. The van der Waals surface area contributed by atoms with Crippen molar-refractivity contribution in [3.05, 3.63) is 59.7 Å². The van der Waals surface area contributed by atoms with Crippen molar-refractivity contribution >= 4 is 11.8 Å². The van der Waals surface area contributed by atoms with E-state index in [9.17, 15) is 0 Å². The molecule has 0 aliphatic heterocycles. The Labute approximate surface area is 118 Å². The summed E-state index contributed by atoms with van der Waals surface area (Å²) in [6, 6.07) is 16.4. The van der Waals surface area contributed by atoms with Gasteiger partial charge in [-0.2, -0.15) is 11.8 Å². The Bertz CT molecular complexity index is 478. The first-order valence-corrected chi connectivity index (χ1v) is 7.31. The van der Waals surface area contributed by atoms with Gasteiger partial charge in [0, 0.05) is 11.5 Å². The average molecular weight is 274 g/mol. The van der Waals surface area contributed by atoms with Crippen LogP contribution < -0.4 is 9.47 Å². The Morgan fingerprint density at radius 3 is 1.68 bits per heavy atom. The van der Waals surface area contributed by atoms with E-state index in [0.29, 0.717) is 0 Å². The molecule has 100 valence electrons. The fourth-order valence-electron chi connectivity index (χ4n) is 1.81. The van der Waals surface area contributed by atoms with Gasteiger partial charge in [-0.05, 0) is 35.4 Å². The SMILES string of the molecule is COc1cccc(CSCc2cccc(OC)c2)c1. The summed E-state index contributed by atoms with van der Waals surface area (Å²) in [7, 11) is 3.39. The first-order chi connectivity index (χ1) is 9.31. The first-order valence-electron chi connectivity index (χ1n) is 6.15. The number of hydrogen-bond donors (Lipinski definition) is 0. The van der Waals surface area contributed by atoms with Gasteiger partial charge in [0.1, 0.15) is 11.5 Å². The molecule has 0 heterocycles. The summed E-state index contributed by atoms with van der Waals surface area (Å²) in [5.41, 5.74) is 2.57. The number of rotatable bonds is 6. The molecule has 0 unspecified atom stereocenters. The lowest BCUT2D eigenvalue weighted by Crippen LogP contribution is -1.88. The molecule has 3 heteroatoms. The predicted molar refractivity (Wildman–Crippen MR) is 81.0 cm³/mol. The summed E-state index contributed by atoms with van der Waals surface area (Å²) in [5.74, 6) is 3.79. The molecule has 0 N–H and O–H groups in total. The van der Waals surface area contributed by atoms with Crippen molar-refractivity contribution in [2.45, 2.75) is 11.5 Å². The molecule has 19 heavy (non-hydrogen) atoms. The molecular weight excluding hydrogens is 256 g/mol. The molecule has 0 bridgehead atoms. The van der Waals surface area contributed by atoms with Gasteiger partial charge in [0.25, 0.3) is 0 Å². The van der Waals surface area contributed by atoms with Gasteiger partial charge >= 0.3 is 0 Å². The van der Waals surface area contributed by atoms with Gasteiger partial charge in [0.2, 0.25) is 0 Å². The Kier molecular flexibility index (Phi) is 5.16. The van der Waals surface area contributed by atoms with Crippen LogP contribution in [0.15, 0.2) is 48.5 Å². The molecule has 0 fully saturated rings. The summed E-state index contributed by atoms with van der Waals surface area (Å²) in [4.78, 5) is 0. The molecule has 0 spiro atoms. The van der Waals surface area contributed by atoms with E-state index < -0.39 is 0 Å². The second-order valence-corrected chi connectivity index (χ2v) is 5.18. The minimum atomic E-state index is 0.916. The zero-order valence-corrected chi connectivity index (χ0v) is 12.1. The van der Waals surface area contributed by atoms with Crippen LogP contribution in [0.25, 0.3) is 0 Å². The maximum Gasteiger partial charge on any atom is 0.119 e. The second-order valence-electron chi connectivity index (χ2n) is 4.20. The van der Waals surface area contributed by atoms with Crippen molar-refractivity contribution in [1.29, 1.82) is 0 Å². The number of methoxy groups -OCH3 is 2. The zero-order valence-electron chi connectivity index (χ0n) is 11.3. The van der Waals surface area contributed by atoms with Crippen molar-refractivity contribution in [3.63, 3.8) is 0 Å². The average Bonchev–Trinajstić information content (AvgIpc) is 2.48. The minimum absolute atomic E-state index is 0.916. The van der Waals surface area contributed by atoms with Gasteiger partial charge in [-0.25, -0.2) is 0 Å². The Balaban J connectivity index is 1.88. The van der Waals surface area contributed by atoms with Crippen LogP contribution in [-0.4, -0.2) is 14.2 Å². The van der Waals surface area contributed by atoms with Gasteiger partial charge in [-0.3, -0.25) is 0 Å². The van der Waals surface area contributed by atoms with Crippen molar-refractivity contribution in [3.8, 4) is 11.5 Å². The number of thioether (sulfide) groups is 1. The molecule has 2 aromatic rings. The van der Waals surface area contributed by atoms with Crippen molar-refractivity contribution < 1.29 is 9.47 Å². The molecule has 0 saturated carbocycles. The topological polar surface area (TPSA) is 18.5 Å². The number of benzene rings is 2. The van der Waals surface area contributed by atoms with Crippen LogP contribution in [0.3, 0.4) is 0 Å². The summed E-state index contributed by atoms with van der Waals surface area (Å²) < 4.78 is 10.4. The summed E-state index contributed by atoms with van der Waals surface area (Å²) in [6.07, 6.45) is 0. The molecular formula is C16H18O2S. The maximum atomic E-state index is 5.22. The third-order valence-corrected chi connectivity index (χ3v) is 3.88. The molecule has 0 amide bonds. The Morgan fingerprint density at radius 1 is 0.789 bits per heavy atom. The monoisotopic (exact) mass is 274 g/mol. The second kappa shape index (κ2) is 7.10. The van der Waals surface area contributed by atoms with Gasteiger partial charge in [-0.1, -0.05) is 24.3 Å². The number of hydrogen-bond acceptors (Lipinski definition) is 3. The van der Waals surface area contributed by atoms with Crippen LogP contribution >= 0.6 is 11.8 Å². The van der Waals surface area contributed by atoms with Gasteiger partial charge in [0.05, 0.1) is 14.2 Å². The Morgan fingerprint density at radius 2 is 1.26 bits per heavy atom. The lowest BCUT2D eigenvalue weighted by molar-refractivity contribution is 0.414. The van der Waals surface area contributed by atoms with E-state index in [1.54, 1.807) is 14.2 Å². The zero-order chi connectivity index (χ0) is 13.5. The minimum Gasteiger partial charge on any atom is -0.497 e. The van der Waals surface area contributed by atoms with Crippen molar-refractivity contribution in [1.82, 2.24) is 0 Å². The maximum absolute atomic E-state index is 5.22. The van der Waals surface area contributed by atoms with Crippen LogP contribution in [0.5, 0.6) is 11.5 Å². The van der Waals surface area contributed by atoms with E-state index in [2.05, 4.69) is 24.3 Å². The molecule has 0 aromatic heterocycles. The number of ether oxygens (including phenoxy) is 2. The molecule has 2 aromatic carbocycles. The molecule has 0 saturated heterocycles. The molecule has 0 radical (unpaired) electrons. The fourth-order valence-corrected chi connectivity index (χ4v) is 2.74. The highest BCUT2D eigenvalue weighted by Crippen LogP contribution is 2.22. The molecule has 2 rings (SSSR count). The highest BCUT2D eigenvalue weighted by Gasteiger charge is 1.99. The third kappa shape index (κ3) is 4.21. The van der Waals surface area contributed by atoms with Gasteiger partial charge in [-0.15, -0.1) is 0 Å². The van der Waals surface area contributed by atoms with Crippen LogP contribution in [0.4, 0.5) is 0 Å². The summed E-state index contributed by atoms with van der Waals surface area (Å²) in [6.45, 7) is 0. The summed E-state index contributed by atoms with van der Waals surface area (Å²) in [5, 5.41) is 0.